The summed E-state index contributed by atoms with van der Waals surface area (Å²) < 4.78 is 0. The molecule has 2 aromatic carbocycles. The minimum Gasteiger partial charge on any atom is -0.369 e. The number of carbonyl (C=O) groups is 1. The number of benzene rings is 2. The summed E-state index contributed by atoms with van der Waals surface area (Å²) in [5, 5.41) is 6.16. The van der Waals surface area contributed by atoms with Crippen molar-refractivity contribution >= 4 is 17.3 Å². The molecule has 5 nitrogen and oxygen atoms in total. The van der Waals surface area contributed by atoms with E-state index in [4.69, 9.17) is 0 Å². The van der Waals surface area contributed by atoms with Gasteiger partial charge in [-0.1, -0.05) is 24.3 Å². The summed E-state index contributed by atoms with van der Waals surface area (Å²) in [5.41, 5.74) is 4.51. The number of amides is 1. The Hall–Kier alpha value is -2.37. The molecule has 0 aromatic heterocycles. The Balaban J connectivity index is 1.45. The highest BCUT2D eigenvalue weighted by molar-refractivity contribution is 5.92. The van der Waals surface area contributed by atoms with E-state index in [-0.39, 0.29) is 5.91 Å². The number of nitrogens with one attached hydrogen (secondary N) is 2. The minimum absolute atomic E-state index is 0.0223. The Morgan fingerprint density at radius 3 is 2.38 bits per heavy atom. The van der Waals surface area contributed by atoms with E-state index in [1.807, 2.05) is 24.3 Å². The van der Waals surface area contributed by atoms with Crippen LogP contribution in [0.15, 0.2) is 48.5 Å². The molecule has 0 atom stereocenters. The molecule has 0 bridgehead atoms. The van der Waals surface area contributed by atoms with Crippen molar-refractivity contribution in [2.75, 3.05) is 50.0 Å². The molecular formula is C21H28N4O. The molecular weight excluding hydrogens is 324 g/mol. The fraction of sp³-hybridized carbons (Fsp3) is 0.381. The number of piperazine rings is 1. The topological polar surface area (TPSA) is 47.6 Å². The molecule has 3 rings (SSSR count). The average molecular weight is 352 g/mol. The fourth-order valence-corrected chi connectivity index (χ4v) is 3.14. The van der Waals surface area contributed by atoms with Gasteiger partial charge in [-0.25, -0.2) is 0 Å². The largest absolute Gasteiger partial charge is 0.369 e. The molecule has 1 aliphatic rings. The van der Waals surface area contributed by atoms with Crippen molar-refractivity contribution in [2.24, 2.45) is 0 Å². The fourth-order valence-electron chi connectivity index (χ4n) is 3.14. The number of likely N-dealkylation sites (N-methyl/N-ethyl adjacent to an activating group) is 1. The Labute approximate surface area is 156 Å². The average Bonchev–Trinajstić information content (AvgIpc) is 2.65. The van der Waals surface area contributed by atoms with Crippen LogP contribution in [-0.2, 0) is 11.3 Å². The van der Waals surface area contributed by atoms with E-state index in [9.17, 15) is 4.79 Å². The first kappa shape index (κ1) is 18.4. The van der Waals surface area contributed by atoms with Gasteiger partial charge in [-0.2, -0.15) is 0 Å². The Kier molecular flexibility index (Phi) is 6.26. The molecule has 1 heterocycles. The second kappa shape index (κ2) is 8.83. The standard InChI is InChI=1S/C21H28N4O/c1-17-5-3-4-6-18(17)15-22-16-21(26)23-19-7-9-20(10-8-19)25-13-11-24(2)12-14-25/h3-10,22H,11-16H2,1-2H3,(H,23,26). The van der Waals surface area contributed by atoms with Crippen LogP contribution in [0.5, 0.6) is 0 Å². The molecule has 5 heteroatoms. The molecule has 1 amide bonds. The van der Waals surface area contributed by atoms with E-state index in [0.29, 0.717) is 13.1 Å². The molecule has 1 aliphatic heterocycles. The van der Waals surface area contributed by atoms with E-state index < -0.39 is 0 Å². The molecule has 0 aliphatic carbocycles. The molecule has 26 heavy (non-hydrogen) atoms. The number of rotatable bonds is 6. The monoisotopic (exact) mass is 352 g/mol. The molecule has 2 aromatic rings. The first-order valence-electron chi connectivity index (χ1n) is 9.20. The maximum absolute atomic E-state index is 12.1. The first-order chi connectivity index (χ1) is 12.6. The van der Waals surface area contributed by atoms with Crippen LogP contribution in [0.3, 0.4) is 0 Å². The van der Waals surface area contributed by atoms with Crippen molar-refractivity contribution in [1.82, 2.24) is 10.2 Å². The van der Waals surface area contributed by atoms with Gasteiger partial charge in [0.05, 0.1) is 6.54 Å². The lowest BCUT2D eigenvalue weighted by molar-refractivity contribution is -0.115. The predicted molar refractivity (Wildman–Crippen MR) is 108 cm³/mol. The highest BCUT2D eigenvalue weighted by Gasteiger charge is 2.14. The maximum Gasteiger partial charge on any atom is 0.238 e. The summed E-state index contributed by atoms with van der Waals surface area (Å²) in [4.78, 5) is 16.8. The van der Waals surface area contributed by atoms with E-state index in [1.165, 1.54) is 16.8 Å². The molecule has 1 saturated heterocycles. The van der Waals surface area contributed by atoms with Gasteiger partial charge in [-0.05, 0) is 49.4 Å². The lowest BCUT2D eigenvalue weighted by Gasteiger charge is -2.34. The Morgan fingerprint density at radius 2 is 1.69 bits per heavy atom. The van der Waals surface area contributed by atoms with Crippen molar-refractivity contribution in [3.05, 3.63) is 59.7 Å². The van der Waals surface area contributed by atoms with Crippen molar-refractivity contribution in [1.29, 1.82) is 0 Å². The van der Waals surface area contributed by atoms with E-state index in [2.05, 4.69) is 58.7 Å². The van der Waals surface area contributed by atoms with Gasteiger partial charge in [0.2, 0.25) is 5.91 Å². The smallest absolute Gasteiger partial charge is 0.238 e. The van der Waals surface area contributed by atoms with Crippen LogP contribution < -0.4 is 15.5 Å². The number of carbonyl (C=O) groups excluding carboxylic acids is 1. The van der Waals surface area contributed by atoms with E-state index in [1.54, 1.807) is 0 Å². The summed E-state index contributed by atoms with van der Waals surface area (Å²) in [6.07, 6.45) is 0. The number of hydrogen-bond acceptors (Lipinski definition) is 4. The maximum atomic E-state index is 12.1. The van der Waals surface area contributed by atoms with Crippen LogP contribution in [0.25, 0.3) is 0 Å². The SMILES string of the molecule is Cc1ccccc1CNCC(=O)Nc1ccc(N2CCN(C)CC2)cc1. The van der Waals surface area contributed by atoms with Crippen LogP contribution >= 0.6 is 0 Å². The van der Waals surface area contributed by atoms with E-state index >= 15 is 0 Å². The second-order valence-corrected chi connectivity index (χ2v) is 6.92. The lowest BCUT2D eigenvalue weighted by atomic mass is 10.1. The molecule has 138 valence electrons. The Bertz CT molecular complexity index is 721. The molecule has 0 saturated carbocycles. The summed E-state index contributed by atoms with van der Waals surface area (Å²) in [6.45, 7) is 7.35. The zero-order chi connectivity index (χ0) is 18.4. The highest BCUT2D eigenvalue weighted by Crippen LogP contribution is 2.19. The lowest BCUT2D eigenvalue weighted by Crippen LogP contribution is -2.44. The Morgan fingerprint density at radius 1 is 1.00 bits per heavy atom. The number of anilines is 2. The molecule has 1 fully saturated rings. The predicted octanol–water partition coefficient (Wildman–Crippen LogP) is 2.48. The van der Waals surface area contributed by atoms with Crippen molar-refractivity contribution in [3.63, 3.8) is 0 Å². The third kappa shape index (κ3) is 5.07. The van der Waals surface area contributed by atoms with E-state index in [0.717, 1.165) is 31.9 Å². The minimum atomic E-state index is -0.0223. The quantitative estimate of drug-likeness (QED) is 0.839. The van der Waals surface area contributed by atoms with Crippen molar-refractivity contribution in [3.8, 4) is 0 Å². The number of nitrogens with zero attached hydrogens (tertiary/aromatic N) is 2. The zero-order valence-electron chi connectivity index (χ0n) is 15.7. The molecule has 2 N–H and O–H groups in total. The van der Waals surface area contributed by atoms with Gasteiger partial charge < -0.3 is 20.4 Å². The number of aryl methyl sites for hydroxylation is 1. The van der Waals surface area contributed by atoms with Gasteiger partial charge >= 0.3 is 0 Å². The third-order valence-electron chi connectivity index (χ3n) is 4.88. The normalized spacial score (nSPS) is 15.1. The summed E-state index contributed by atoms with van der Waals surface area (Å²) >= 11 is 0. The van der Waals surface area contributed by atoms with Crippen LogP contribution in [-0.4, -0.2) is 50.6 Å². The summed E-state index contributed by atoms with van der Waals surface area (Å²) in [6, 6.07) is 16.3. The second-order valence-electron chi connectivity index (χ2n) is 6.92. The van der Waals surface area contributed by atoms with Gasteiger partial charge in [0.25, 0.3) is 0 Å². The third-order valence-corrected chi connectivity index (χ3v) is 4.88. The molecule has 0 spiro atoms. The van der Waals surface area contributed by atoms with Gasteiger partial charge in [0.1, 0.15) is 0 Å². The summed E-state index contributed by atoms with van der Waals surface area (Å²) in [7, 11) is 2.16. The van der Waals surface area contributed by atoms with Gasteiger partial charge in [-0.3, -0.25) is 4.79 Å². The highest BCUT2D eigenvalue weighted by atomic mass is 16.1. The van der Waals surface area contributed by atoms with Gasteiger partial charge in [0.15, 0.2) is 0 Å². The van der Waals surface area contributed by atoms with Crippen LogP contribution in [0, 0.1) is 6.92 Å². The van der Waals surface area contributed by atoms with Gasteiger partial charge in [0, 0.05) is 44.1 Å². The summed E-state index contributed by atoms with van der Waals surface area (Å²) in [5.74, 6) is -0.0223. The van der Waals surface area contributed by atoms with Crippen LogP contribution in [0.2, 0.25) is 0 Å². The van der Waals surface area contributed by atoms with Crippen LogP contribution in [0.4, 0.5) is 11.4 Å². The molecule has 0 radical (unpaired) electrons. The van der Waals surface area contributed by atoms with Crippen LogP contribution in [0.1, 0.15) is 11.1 Å². The first-order valence-corrected chi connectivity index (χ1v) is 9.20. The van der Waals surface area contributed by atoms with Crippen molar-refractivity contribution in [2.45, 2.75) is 13.5 Å². The van der Waals surface area contributed by atoms with Gasteiger partial charge in [-0.15, -0.1) is 0 Å². The number of hydrogen-bond donors (Lipinski definition) is 2. The zero-order valence-corrected chi connectivity index (χ0v) is 15.7. The van der Waals surface area contributed by atoms with Crippen molar-refractivity contribution < 1.29 is 4.79 Å². The molecule has 0 unspecified atom stereocenters.